The molecule has 150 valence electrons. The zero-order valence-electron chi connectivity index (χ0n) is 16.6. The molecule has 0 bridgehead atoms. The van der Waals surface area contributed by atoms with Crippen LogP contribution in [0.5, 0.6) is 0 Å². The van der Waals surface area contributed by atoms with Crippen LogP contribution in [0.1, 0.15) is 31.4 Å². The first-order valence-electron chi connectivity index (χ1n) is 9.41. The predicted octanol–water partition coefficient (Wildman–Crippen LogP) is 4.68. The fourth-order valence-electron chi connectivity index (χ4n) is 2.73. The Balaban J connectivity index is 2.03. The molecule has 2 rings (SSSR count). The van der Waals surface area contributed by atoms with Crippen molar-refractivity contribution < 1.29 is 9.59 Å². The van der Waals surface area contributed by atoms with E-state index in [0.29, 0.717) is 30.3 Å². The van der Waals surface area contributed by atoms with Crippen LogP contribution in [0.25, 0.3) is 0 Å². The number of nitrogens with zero attached hydrogens (tertiary/aromatic N) is 1. The average molecular weight is 419 g/mol. The zero-order chi connectivity index (χ0) is 20.5. The Kier molecular flexibility index (Phi) is 8.87. The Labute approximate surface area is 176 Å². The quantitative estimate of drug-likeness (QED) is 0.601. The van der Waals surface area contributed by atoms with Gasteiger partial charge < -0.3 is 10.2 Å². The highest BCUT2D eigenvalue weighted by molar-refractivity contribution is 7.99. The molecule has 0 spiro atoms. The van der Waals surface area contributed by atoms with Crippen LogP contribution in [-0.2, 0) is 16.1 Å². The highest BCUT2D eigenvalue weighted by atomic mass is 35.5. The molecule has 0 heterocycles. The second-order valence-electron chi connectivity index (χ2n) is 6.63. The summed E-state index contributed by atoms with van der Waals surface area (Å²) < 4.78 is 0. The Hall–Kier alpha value is -1.98. The van der Waals surface area contributed by atoms with Crippen LogP contribution >= 0.6 is 23.4 Å². The monoisotopic (exact) mass is 418 g/mol. The Morgan fingerprint density at radius 3 is 2.36 bits per heavy atom. The summed E-state index contributed by atoms with van der Waals surface area (Å²) in [6.07, 6.45) is 0.364. The molecule has 28 heavy (non-hydrogen) atoms. The number of aryl methyl sites for hydroxylation is 1. The van der Waals surface area contributed by atoms with Crippen molar-refractivity contribution in [2.24, 2.45) is 0 Å². The van der Waals surface area contributed by atoms with Crippen LogP contribution in [0.3, 0.4) is 0 Å². The average Bonchev–Trinajstić information content (AvgIpc) is 2.68. The number of carbonyl (C=O) groups is 2. The summed E-state index contributed by atoms with van der Waals surface area (Å²) in [5, 5.41) is 3.51. The van der Waals surface area contributed by atoms with Gasteiger partial charge in [0.05, 0.1) is 0 Å². The molecule has 0 unspecified atom stereocenters. The Morgan fingerprint density at radius 1 is 1.11 bits per heavy atom. The summed E-state index contributed by atoms with van der Waals surface area (Å²) in [7, 11) is 0. The molecule has 1 atom stereocenters. The van der Waals surface area contributed by atoms with Crippen molar-refractivity contribution in [3.05, 3.63) is 64.7 Å². The number of likely N-dealkylation sites (N-methyl/N-ethyl adjacent to an activating group) is 1. The van der Waals surface area contributed by atoms with E-state index in [1.165, 1.54) is 0 Å². The number of amides is 2. The third-order valence-corrected chi connectivity index (χ3v) is 5.66. The van der Waals surface area contributed by atoms with Crippen molar-refractivity contribution in [2.75, 3.05) is 12.3 Å². The van der Waals surface area contributed by atoms with Crippen molar-refractivity contribution in [3.8, 4) is 0 Å². The van der Waals surface area contributed by atoms with Gasteiger partial charge >= 0.3 is 0 Å². The zero-order valence-corrected chi connectivity index (χ0v) is 18.1. The number of rotatable bonds is 9. The van der Waals surface area contributed by atoms with E-state index >= 15 is 0 Å². The number of thioether (sulfide) groups is 1. The molecule has 6 heteroatoms. The van der Waals surface area contributed by atoms with Crippen LogP contribution in [0.15, 0.2) is 53.4 Å². The summed E-state index contributed by atoms with van der Waals surface area (Å²) in [5.74, 6) is 0.488. The van der Waals surface area contributed by atoms with E-state index in [1.807, 2.05) is 62.4 Å². The van der Waals surface area contributed by atoms with E-state index in [2.05, 4.69) is 5.32 Å². The first-order chi connectivity index (χ1) is 13.4. The van der Waals surface area contributed by atoms with Gasteiger partial charge in [0, 0.05) is 35.2 Å². The number of nitrogens with one attached hydrogen (secondary N) is 1. The molecular weight excluding hydrogens is 392 g/mol. The van der Waals surface area contributed by atoms with E-state index in [1.54, 1.807) is 23.6 Å². The lowest BCUT2D eigenvalue weighted by atomic mass is 10.1. The first kappa shape index (κ1) is 22.3. The molecule has 2 aromatic rings. The smallest absolute Gasteiger partial charge is 0.242 e. The lowest BCUT2D eigenvalue weighted by molar-refractivity contribution is -0.140. The molecule has 4 nitrogen and oxygen atoms in total. The lowest BCUT2D eigenvalue weighted by Gasteiger charge is -2.28. The topological polar surface area (TPSA) is 49.4 Å². The summed E-state index contributed by atoms with van der Waals surface area (Å²) in [6, 6.07) is 15.1. The molecule has 0 fully saturated rings. The van der Waals surface area contributed by atoms with Gasteiger partial charge in [-0.05, 0) is 50.6 Å². The maximum absolute atomic E-state index is 12.9. The minimum Gasteiger partial charge on any atom is -0.355 e. The summed E-state index contributed by atoms with van der Waals surface area (Å²) >= 11 is 7.51. The number of hydrogen-bond donors (Lipinski definition) is 1. The summed E-state index contributed by atoms with van der Waals surface area (Å²) in [5.41, 5.74) is 2.18. The van der Waals surface area contributed by atoms with Gasteiger partial charge in [-0.25, -0.2) is 0 Å². The van der Waals surface area contributed by atoms with E-state index in [0.717, 1.165) is 16.0 Å². The van der Waals surface area contributed by atoms with Crippen LogP contribution in [0, 0.1) is 6.92 Å². The minimum atomic E-state index is -0.519. The van der Waals surface area contributed by atoms with E-state index in [4.69, 9.17) is 11.6 Å². The highest BCUT2D eigenvalue weighted by Crippen LogP contribution is 2.22. The van der Waals surface area contributed by atoms with Crippen LogP contribution < -0.4 is 5.32 Å². The molecule has 2 aromatic carbocycles. The Bertz CT molecular complexity index is 778. The van der Waals surface area contributed by atoms with Crippen molar-refractivity contribution in [2.45, 2.75) is 44.7 Å². The Morgan fingerprint density at radius 2 is 1.75 bits per heavy atom. The van der Waals surface area contributed by atoms with Crippen LogP contribution in [0.2, 0.25) is 5.02 Å². The molecule has 0 aliphatic carbocycles. The largest absolute Gasteiger partial charge is 0.355 e. The van der Waals surface area contributed by atoms with Gasteiger partial charge in [-0.2, -0.15) is 0 Å². The molecular formula is C22H27ClN2O2S. The SMILES string of the molecule is CCNC(=O)[C@@H](C)N(Cc1ccc(C)cc1)C(=O)CCSc1ccc(Cl)cc1. The van der Waals surface area contributed by atoms with Crippen molar-refractivity contribution in [3.63, 3.8) is 0 Å². The highest BCUT2D eigenvalue weighted by Gasteiger charge is 2.25. The van der Waals surface area contributed by atoms with Gasteiger partial charge in [0.25, 0.3) is 0 Å². The molecule has 0 aromatic heterocycles. The van der Waals surface area contributed by atoms with Gasteiger partial charge in [0.2, 0.25) is 11.8 Å². The van der Waals surface area contributed by atoms with Gasteiger partial charge in [0.1, 0.15) is 6.04 Å². The standard InChI is InChI=1S/C22H27ClN2O2S/c1-4-24-22(27)17(3)25(15-18-7-5-16(2)6-8-18)21(26)13-14-28-20-11-9-19(23)10-12-20/h5-12,17H,4,13-15H2,1-3H3,(H,24,27)/t17-/m1/s1. The molecule has 0 radical (unpaired) electrons. The van der Waals surface area contributed by atoms with Gasteiger partial charge in [-0.3, -0.25) is 9.59 Å². The molecule has 0 saturated carbocycles. The van der Waals surface area contributed by atoms with Crippen molar-refractivity contribution in [1.82, 2.24) is 10.2 Å². The molecule has 0 saturated heterocycles. The minimum absolute atomic E-state index is 0.0270. The fraction of sp³-hybridized carbons (Fsp3) is 0.364. The van der Waals surface area contributed by atoms with Crippen LogP contribution in [-0.4, -0.2) is 35.1 Å². The van der Waals surface area contributed by atoms with Gasteiger partial charge in [0.15, 0.2) is 0 Å². The predicted molar refractivity (Wildman–Crippen MR) is 117 cm³/mol. The number of carbonyl (C=O) groups excluding carboxylic acids is 2. The van der Waals surface area contributed by atoms with Gasteiger partial charge in [-0.15, -0.1) is 11.8 Å². The van der Waals surface area contributed by atoms with Crippen molar-refractivity contribution in [1.29, 1.82) is 0 Å². The van der Waals surface area contributed by atoms with Gasteiger partial charge in [-0.1, -0.05) is 41.4 Å². The number of hydrogen-bond acceptors (Lipinski definition) is 3. The number of halogens is 1. The van der Waals surface area contributed by atoms with Crippen molar-refractivity contribution >= 4 is 35.2 Å². The molecule has 0 aliphatic rings. The van der Waals surface area contributed by atoms with E-state index in [9.17, 15) is 9.59 Å². The third-order valence-electron chi connectivity index (χ3n) is 4.39. The maximum atomic E-state index is 12.9. The summed E-state index contributed by atoms with van der Waals surface area (Å²) in [4.78, 5) is 28.0. The van der Waals surface area contributed by atoms with E-state index in [-0.39, 0.29) is 11.8 Å². The fourth-order valence-corrected chi connectivity index (χ4v) is 3.69. The first-order valence-corrected chi connectivity index (χ1v) is 10.8. The molecule has 1 N–H and O–H groups in total. The molecule has 0 aliphatic heterocycles. The van der Waals surface area contributed by atoms with E-state index < -0.39 is 6.04 Å². The molecule has 2 amide bonds. The second kappa shape index (κ2) is 11.1. The second-order valence-corrected chi connectivity index (χ2v) is 8.23. The normalized spacial score (nSPS) is 11.7. The maximum Gasteiger partial charge on any atom is 0.242 e. The van der Waals surface area contributed by atoms with Crippen LogP contribution in [0.4, 0.5) is 0 Å². The lowest BCUT2D eigenvalue weighted by Crippen LogP contribution is -2.47. The third kappa shape index (κ3) is 6.88. The summed E-state index contributed by atoms with van der Waals surface area (Å²) in [6.45, 7) is 6.64. The number of benzene rings is 2.